The van der Waals surface area contributed by atoms with Crippen LogP contribution in [0.2, 0.25) is 0 Å². The van der Waals surface area contributed by atoms with Crippen molar-refractivity contribution in [2.24, 2.45) is 0 Å². The fourth-order valence-electron chi connectivity index (χ4n) is 5.20. The summed E-state index contributed by atoms with van der Waals surface area (Å²) in [7, 11) is 1.61. The van der Waals surface area contributed by atoms with E-state index in [-0.39, 0.29) is 24.3 Å². The van der Waals surface area contributed by atoms with Crippen LogP contribution in [0.4, 0.5) is 26.3 Å². The number of benzene rings is 2. The predicted octanol–water partition coefficient (Wildman–Crippen LogP) is 6.50. The summed E-state index contributed by atoms with van der Waals surface area (Å²) in [5, 5.41) is 15.6. The summed E-state index contributed by atoms with van der Waals surface area (Å²) in [5.74, 6) is -0.845. The van der Waals surface area contributed by atoms with Gasteiger partial charge in [0.1, 0.15) is 18.8 Å². The van der Waals surface area contributed by atoms with Gasteiger partial charge in [-0.1, -0.05) is 68.1 Å². The highest BCUT2D eigenvalue weighted by Gasteiger charge is 2.64. The fourth-order valence-corrected chi connectivity index (χ4v) is 5.50. The van der Waals surface area contributed by atoms with Gasteiger partial charge in [0.25, 0.3) is 28.0 Å². The molecule has 4 aromatic heterocycles. The maximum Gasteiger partial charge on any atom is 0.432 e. The van der Waals surface area contributed by atoms with Crippen LogP contribution in [0.25, 0.3) is 11.6 Å². The van der Waals surface area contributed by atoms with Crippen LogP contribution in [0.1, 0.15) is 56.0 Å². The Morgan fingerprint density at radius 3 is 1.48 bits per heavy atom. The molecule has 0 bridgehead atoms. The quantitative estimate of drug-likeness (QED) is 0.0958. The van der Waals surface area contributed by atoms with Gasteiger partial charge in [0.2, 0.25) is 0 Å². The first-order valence-corrected chi connectivity index (χ1v) is 16.1. The van der Waals surface area contributed by atoms with Crippen molar-refractivity contribution in [2.75, 3.05) is 14.2 Å². The third kappa shape index (κ3) is 8.93. The summed E-state index contributed by atoms with van der Waals surface area (Å²) in [6.45, 7) is 3.10. The number of alkyl halides is 6. The highest BCUT2D eigenvalue weighted by Crippen LogP contribution is 2.44. The zero-order valence-electron chi connectivity index (χ0n) is 29.1. The molecule has 4 unspecified atom stereocenters. The Morgan fingerprint density at radius 2 is 1.09 bits per heavy atom. The van der Waals surface area contributed by atoms with Crippen molar-refractivity contribution >= 4 is 34.4 Å². The van der Waals surface area contributed by atoms with E-state index in [9.17, 15) is 41.0 Å². The van der Waals surface area contributed by atoms with Gasteiger partial charge in [-0.3, -0.25) is 4.79 Å². The maximum absolute atomic E-state index is 13.9. The minimum Gasteiger partial charge on any atom is -0.453 e. The van der Waals surface area contributed by atoms with E-state index < -0.39 is 47.0 Å². The lowest BCUT2D eigenvalue weighted by Crippen LogP contribution is -2.51. The summed E-state index contributed by atoms with van der Waals surface area (Å²) in [6, 6.07) is 16.3. The summed E-state index contributed by atoms with van der Waals surface area (Å²) in [6.07, 6.45) is -5.93. The van der Waals surface area contributed by atoms with Crippen LogP contribution in [-0.4, -0.2) is 82.1 Å². The highest BCUT2D eigenvalue weighted by atomic mass is 35.5. The van der Waals surface area contributed by atoms with Gasteiger partial charge in [-0.05, 0) is 37.6 Å². The van der Waals surface area contributed by atoms with Crippen LogP contribution in [0.5, 0.6) is 0 Å². The lowest BCUT2D eigenvalue weighted by Gasteiger charge is -2.33. The number of rotatable bonds is 9. The van der Waals surface area contributed by atoms with Crippen LogP contribution in [0.15, 0.2) is 97.8 Å². The minimum atomic E-state index is -5.04. The minimum absolute atomic E-state index is 0. The molecular weight excluding hydrogens is 778 g/mol. The van der Waals surface area contributed by atoms with Crippen LogP contribution in [0, 0.1) is 0 Å². The molecule has 4 heterocycles. The molecule has 1 N–H and O–H groups in total. The third-order valence-electron chi connectivity index (χ3n) is 7.88. The van der Waals surface area contributed by atoms with Crippen molar-refractivity contribution in [3.63, 3.8) is 0 Å². The SMILES string of the molecule is C.CC(O)c1ccnc2ncnn12.COC(C(=O)Cl)(c1ccccc1)C(F)(F)F.COC(C(=O)OC(C)c1ccnc2ncnn12)(c1ccccc1)C(F)(F)F. The average molecular weight is 813 g/mol. The van der Waals surface area contributed by atoms with Crippen LogP contribution in [0.3, 0.4) is 0 Å². The first kappa shape index (κ1) is 44.8. The molecule has 2 aromatic carbocycles. The number of nitrogens with zero attached hydrogens (tertiary/aromatic N) is 8. The smallest absolute Gasteiger partial charge is 0.432 e. The largest absolute Gasteiger partial charge is 0.453 e. The molecular formula is C35H35ClF6N8O6. The lowest BCUT2D eigenvalue weighted by molar-refractivity contribution is -0.278. The van der Waals surface area contributed by atoms with E-state index >= 15 is 0 Å². The van der Waals surface area contributed by atoms with Gasteiger partial charge in [0, 0.05) is 37.7 Å². The number of esters is 1. The second-order valence-electron chi connectivity index (χ2n) is 11.2. The van der Waals surface area contributed by atoms with Gasteiger partial charge in [0.05, 0.1) is 17.5 Å². The van der Waals surface area contributed by atoms with E-state index in [1.807, 2.05) is 0 Å². The van der Waals surface area contributed by atoms with Crippen molar-refractivity contribution in [3.8, 4) is 0 Å². The zero-order valence-corrected chi connectivity index (χ0v) is 29.9. The zero-order chi connectivity index (χ0) is 40.6. The number of carbonyl (C=O) groups excluding carboxylic acids is 2. The topological polar surface area (TPSA) is 168 Å². The van der Waals surface area contributed by atoms with E-state index in [2.05, 4.69) is 34.9 Å². The number of hydrogen-bond acceptors (Lipinski definition) is 12. The number of aromatic nitrogens is 8. The molecule has 0 saturated carbocycles. The normalized spacial score (nSPS) is 14.7. The van der Waals surface area contributed by atoms with E-state index in [0.29, 0.717) is 17.2 Å². The van der Waals surface area contributed by atoms with E-state index in [1.54, 1.807) is 19.2 Å². The standard InChI is InChI=1S/C17H15F3N4O3.C10H8ClF3O2.C7H8N4O.CH4/c1-11(13-8-9-21-15-22-10-23-24(13)15)27-14(25)16(26-2,17(18,19)20)12-6-4-3-5-7-12;1-16-9(8(11)15,10(12,13)14)7-5-3-2-4-6-7;1-5(12)6-2-3-8-7-9-4-10-11(6)7;/h3-11H,1-2H3;2-6H,1H3;2-5,12H,1H3;1H4. The molecule has 0 spiro atoms. The van der Waals surface area contributed by atoms with Gasteiger partial charge < -0.3 is 19.3 Å². The monoisotopic (exact) mass is 812 g/mol. The Balaban J connectivity index is 0.000000246. The maximum atomic E-state index is 13.9. The van der Waals surface area contributed by atoms with Crippen molar-refractivity contribution in [3.05, 3.63) is 120 Å². The Labute approximate surface area is 320 Å². The number of hydrogen-bond donors (Lipinski definition) is 1. The molecule has 0 aliphatic rings. The van der Waals surface area contributed by atoms with Gasteiger partial charge in [0.15, 0.2) is 0 Å². The molecule has 6 aromatic rings. The number of ether oxygens (including phenoxy) is 3. The van der Waals surface area contributed by atoms with Gasteiger partial charge in [-0.25, -0.2) is 14.8 Å². The second-order valence-corrected chi connectivity index (χ2v) is 11.5. The predicted molar refractivity (Wildman–Crippen MR) is 187 cm³/mol. The number of halogens is 7. The molecule has 300 valence electrons. The number of aliphatic hydroxyl groups excluding tert-OH is 1. The van der Waals surface area contributed by atoms with Crippen molar-refractivity contribution in [2.45, 2.75) is 57.0 Å². The molecule has 14 nitrogen and oxygen atoms in total. The fraction of sp³-hybridized carbons (Fsp3) is 0.314. The van der Waals surface area contributed by atoms with Gasteiger partial charge >= 0.3 is 18.3 Å². The molecule has 56 heavy (non-hydrogen) atoms. The Hall–Kier alpha value is -5.57. The first-order chi connectivity index (χ1) is 26.0. The van der Waals surface area contributed by atoms with Crippen LogP contribution >= 0.6 is 11.6 Å². The van der Waals surface area contributed by atoms with Crippen LogP contribution in [-0.2, 0) is 35.0 Å². The summed E-state index contributed by atoms with van der Waals surface area (Å²) in [4.78, 5) is 39.4. The molecule has 0 amide bonds. The summed E-state index contributed by atoms with van der Waals surface area (Å²) < 4.78 is 97.4. The lowest BCUT2D eigenvalue weighted by atomic mass is 9.92. The van der Waals surface area contributed by atoms with Gasteiger partial charge in [-0.15, -0.1) is 0 Å². The van der Waals surface area contributed by atoms with Crippen molar-refractivity contribution in [1.29, 1.82) is 0 Å². The first-order valence-electron chi connectivity index (χ1n) is 15.7. The molecule has 0 fully saturated rings. The number of fused-ring (bicyclic) bond motifs is 2. The molecule has 0 aliphatic heterocycles. The highest BCUT2D eigenvalue weighted by molar-refractivity contribution is 6.65. The van der Waals surface area contributed by atoms with E-state index in [0.717, 1.165) is 38.5 Å². The van der Waals surface area contributed by atoms with E-state index in [1.165, 1.54) is 77.3 Å². The number of carbonyl (C=O) groups is 2. The van der Waals surface area contributed by atoms with E-state index in [4.69, 9.17) is 21.1 Å². The van der Waals surface area contributed by atoms with Crippen molar-refractivity contribution < 1.29 is 55.2 Å². The molecule has 0 saturated heterocycles. The van der Waals surface area contributed by atoms with Gasteiger partial charge in [-0.2, -0.15) is 55.5 Å². The molecule has 0 radical (unpaired) electrons. The Morgan fingerprint density at radius 1 is 0.679 bits per heavy atom. The number of methoxy groups -OCH3 is 2. The number of aliphatic hydroxyl groups is 1. The Kier molecular flexibility index (Phi) is 14.7. The van der Waals surface area contributed by atoms with Crippen molar-refractivity contribution in [1.82, 2.24) is 39.2 Å². The van der Waals surface area contributed by atoms with Crippen LogP contribution < -0.4 is 0 Å². The summed E-state index contributed by atoms with van der Waals surface area (Å²) in [5.41, 5.74) is -6.07. The molecule has 6 rings (SSSR count). The third-order valence-corrected chi connectivity index (χ3v) is 8.15. The molecule has 0 aliphatic carbocycles. The molecule has 21 heteroatoms. The Bertz CT molecular complexity index is 2190. The second kappa shape index (κ2) is 18.4. The average Bonchev–Trinajstić information content (AvgIpc) is 3.83. The summed E-state index contributed by atoms with van der Waals surface area (Å²) >= 11 is 5.04. The molecule has 4 atom stereocenters.